The Hall–Kier alpha value is -1.02. The summed E-state index contributed by atoms with van der Waals surface area (Å²) in [7, 11) is 0. The van der Waals surface area contributed by atoms with E-state index in [1.165, 1.54) is 11.1 Å². The molecule has 0 aliphatic rings. The molecule has 0 heterocycles. The summed E-state index contributed by atoms with van der Waals surface area (Å²) in [6.45, 7) is 2.06. The van der Waals surface area contributed by atoms with Gasteiger partial charge in [-0.1, -0.05) is 53.5 Å². The minimum atomic E-state index is -0.418. The van der Waals surface area contributed by atoms with E-state index in [4.69, 9.17) is 23.2 Å². The van der Waals surface area contributed by atoms with Gasteiger partial charge in [0.2, 0.25) is 0 Å². The molecule has 0 aliphatic carbocycles. The van der Waals surface area contributed by atoms with Crippen molar-refractivity contribution in [2.45, 2.75) is 25.9 Å². The molecule has 0 aromatic heterocycles. The van der Waals surface area contributed by atoms with Crippen LogP contribution in [0, 0.1) is 6.92 Å². The molecular weight excluding hydrogens is 279 g/mol. The SMILES string of the molecule is Cc1ccccc1CC(O)Cc1ccc(Cl)c(Cl)c1. The molecule has 0 bridgehead atoms. The summed E-state index contributed by atoms with van der Waals surface area (Å²) in [5, 5.41) is 11.2. The Morgan fingerprint density at radius 2 is 1.74 bits per heavy atom. The molecule has 1 nitrogen and oxygen atoms in total. The van der Waals surface area contributed by atoms with Crippen LogP contribution in [0.4, 0.5) is 0 Å². The molecule has 2 rings (SSSR count). The van der Waals surface area contributed by atoms with E-state index in [1.54, 1.807) is 6.07 Å². The van der Waals surface area contributed by atoms with Gasteiger partial charge in [-0.05, 0) is 48.6 Å². The first-order valence-electron chi connectivity index (χ1n) is 6.23. The van der Waals surface area contributed by atoms with Crippen LogP contribution >= 0.6 is 23.2 Å². The third-order valence-electron chi connectivity index (χ3n) is 3.17. The van der Waals surface area contributed by atoms with E-state index in [2.05, 4.69) is 13.0 Å². The Bertz CT molecular complexity index is 566. The average Bonchev–Trinajstić information content (AvgIpc) is 2.37. The van der Waals surface area contributed by atoms with Crippen molar-refractivity contribution in [2.75, 3.05) is 0 Å². The molecule has 100 valence electrons. The maximum atomic E-state index is 10.2. The molecule has 0 radical (unpaired) electrons. The van der Waals surface area contributed by atoms with Crippen molar-refractivity contribution < 1.29 is 5.11 Å². The summed E-state index contributed by atoms with van der Waals surface area (Å²) in [4.78, 5) is 0. The fourth-order valence-corrected chi connectivity index (χ4v) is 2.42. The molecule has 0 amide bonds. The Balaban J connectivity index is 2.03. The summed E-state index contributed by atoms with van der Waals surface area (Å²) >= 11 is 11.8. The maximum absolute atomic E-state index is 10.2. The summed E-state index contributed by atoms with van der Waals surface area (Å²) in [5.74, 6) is 0. The van der Waals surface area contributed by atoms with Crippen molar-refractivity contribution in [3.8, 4) is 0 Å². The molecular formula is C16H16Cl2O. The highest BCUT2D eigenvalue weighted by molar-refractivity contribution is 6.42. The Labute approximate surface area is 123 Å². The van der Waals surface area contributed by atoms with Gasteiger partial charge in [-0.3, -0.25) is 0 Å². The van der Waals surface area contributed by atoms with Gasteiger partial charge in [0, 0.05) is 0 Å². The lowest BCUT2D eigenvalue weighted by Crippen LogP contribution is -2.14. The molecule has 1 N–H and O–H groups in total. The topological polar surface area (TPSA) is 20.2 Å². The fourth-order valence-electron chi connectivity index (χ4n) is 2.10. The minimum Gasteiger partial charge on any atom is -0.392 e. The van der Waals surface area contributed by atoms with Gasteiger partial charge in [-0.25, -0.2) is 0 Å². The second kappa shape index (κ2) is 6.42. The van der Waals surface area contributed by atoms with Gasteiger partial charge >= 0.3 is 0 Å². The van der Waals surface area contributed by atoms with Crippen LogP contribution in [0.3, 0.4) is 0 Å². The van der Waals surface area contributed by atoms with Gasteiger partial charge in [0.05, 0.1) is 16.1 Å². The normalized spacial score (nSPS) is 12.4. The number of halogens is 2. The molecule has 0 spiro atoms. The molecule has 19 heavy (non-hydrogen) atoms. The third-order valence-corrected chi connectivity index (χ3v) is 3.91. The van der Waals surface area contributed by atoms with Gasteiger partial charge in [0.25, 0.3) is 0 Å². The average molecular weight is 295 g/mol. The molecule has 2 aromatic rings. The van der Waals surface area contributed by atoms with Gasteiger partial charge in [-0.2, -0.15) is 0 Å². The van der Waals surface area contributed by atoms with Crippen molar-refractivity contribution in [3.05, 3.63) is 69.2 Å². The highest BCUT2D eigenvalue weighted by atomic mass is 35.5. The number of aryl methyl sites for hydroxylation is 1. The Morgan fingerprint density at radius 1 is 1.00 bits per heavy atom. The van der Waals surface area contributed by atoms with E-state index < -0.39 is 6.10 Å². The zero-order valence-electron chi connectivity index (χ0n) is 10.7. The van der Waals surface area contributed by atoms with Crippen molar-refractivity contribution in [3.63, 3.8) is 0 Å². The molecule has 1 atom stereocenters. The highest BCUT2D eigenvalue weighted by Crippen LogP contribution is 2.23. The molecule has 2 aromatic carbocycles. The number of rotatable bonds is 4. The number of hydrogen-bond donors (Lipinski definition) is 1. The maximum Gasteiger partial charge on any atom is 0.0620 e. The lowest BCUT2D eigenvalue weighted by molar-refractivity contribution is 0.175. The fraction of sp³-hybridized carbons (Fsp3) is 0.250. The van der Waals surface area contributed by atoms with E-state index in [1.807, 2.05) is 30.3 Å². The highest BCUT2D eigenvalue weighted by Gasteiger charge is 2.09. The van der Waals surface area contributed by atoms with Crippen LogP contribution in [0.15, 0.2) is 42.5 Å². The van der Waals surface area contributed by atoms with Gasteiger partial charge in [0.15, 0.2) is 0 Å². The molecule has 0 saturated heterocycles. The van der Waals surface area contributed by atoms with E-state index in [9.17, 15) is 5.11 Å². The molecule has 0 aliphatic heterocycles. The molecule has 1 unspecified atom stereocenters. The van der Waals surface area contributed by atoms with Crippen LogP contribution < -0.4 is 0 Å². The molecule has 0 fully saturated rings. The summed E-state index contributed by atoms with van der Waals surface area (Å²) in [6, 6.07) is 13.6. The van der Waals surface area contributed by atoms with E-state index in [-0.39, 0.29) is 0 Å². The van der Waals surface area contributed by atoms with Crippen molar-refractivity contribution in [1.82, 2.24) is 0 Å². The predicted molar refractivity (Wildman–Crippen MR) is 81.1 cm³/mol. The largest absolute Gasteiger partial charge is 0.392 e. The first kappa shape index (κ1) is 14.4. The van der Waals surface area contributed by atoms with Gasteiger partial charge in [-0.15, -0.1) is 0 Å². The van der Waals surface area contributed by atoms with Crippen LogP contribution in [-0.4, -0.2) is 11.2 Å². The third kappa shape index (κ3) is 3.97. The number of aliphatic hydroxyl groups is 1. The van der Waals surface area contributed by atoms with Crippen molar-refractivity contribution >= 4 is 23.2 Å². The zero-order valence-corrected chi connectivity index (χ0v) is 12.2. The quantitative estimate of drug-likeness (QED) is 0.883. The van der Waals surface area contributed by atoms with Crippen LogP contribution in [0.25, 0.3) is 0 Å². The van der Waals surface area contributed by atoms with Crippen molar-refractivity contribution in [1.29, 1.82) is 0 Å². The first-order chi connectivity index (χ1) is 9.06. The zero-order chi connectivity index (χ0) is 13.8. The van der Waals surface area contributed by atoms with Crippen molar-refractivity contribution in [2.24, 2.45) is 0 Å². The summed E-state index contributed by atoms with van der Waals surface area (Å²) < 4.78 is 0. The van der Waals surface area contributed by atoms with Crippen LogP contribution in [0.2, 0.25) is 10.0 Å². The van der Waals surface area contributed by atoms with E-state index in [0.29, 0.717) is 22.9 Å². The van der Waals surface area contributed by atoms with E-state index in [0.717, 1.165) is 5.56 Å². The lowest BCUT2D eigenvalue weighted by atomic mass is 9.98. The smallest absolute Gasteiger partial charge is 0.0620 e. The van der Waals surface area contributed by atoms with Crippen LogP contribution in [0.5, 0.6) is 0 Å². The summed E-state index contributed by atoms with van der Waals surface area (Å²) in [6.07, 6.45) is 0.802. The molecule has 0 saturated carbocycles. The van der Waals surface area contributed by atoms with E-state index >= 15 is 0 Å². The second-order valence-corrected chi connectivity index (χ2v) is 5.55. The van der Waals surface area contributed by atoms with Crippen LogP contribution in [-0.2, 0) is 12.8 Å². The standard InChI is InChI=1S/C16H16Cl2O/c1-11-4-2-3-5-13(11)10-14(19)8-12-6-7-15(17)16(18)9-12/h2-7,9,14,19H,8,10H2,1H3. The molecule has 3 heteroatoms. The first-order valence-corrected chi connectivity index (χ1v) is 6.98. The Kier molecular flexibility index (Phi) is 4.87. The Morgan fingerprint density at radius 3 is 2.42 bits per heavy atom. The minimum absolute atomic E-state index is 0.418. The van der Waals surface area contributed by atoms with Gasteiger partial charge < -0.3 is 5.11 Å². The lowest BCUT2D eigenvalue weighted by Gasteiger charge is -2.13. The van der Waals surface area contributed by atoms with Crippen LogP contribution in [0.1, 0.15) is 16.7 Å². The van der Waals surface area contributed by atoms with Gasteiger partial charge in [0.1, 0.15) is 0 Å². The summed E-state index contributed by atoms with van der Waals surface area (Å²) in [5.41, 5.74) is 3.38. The predicted octanol–water partition coefficient (Wildman–Crippen LogP) is 4.45. The number of hydrogen-bond acceptors (Lipinski definition) is 1. The number of aliphatic hydroxyl groups excluding tert-OH is 1. The monoisotopic (exact) mass is 294 g/mol. The number of benzene rings is 2. The second-order valence-electron chi connectivity index (χ2n) is 4.74.